The van der Waals surface area contributed by atoms with E-state index in [4.69, 9.17) is 4.74 Å². The Labute approximate surface area is 81.2 Å². The molecule has 2 atom stereocenters. The zero-order valence-corrected chi connectivity index (χ0v) is 8.68. The van der Waals surface area contributed by atoms with E-state index in [1.54, 1.807) is 5.57 Å². The summed E-state index contributed by atoms with van der Waals surface area (Å²) in [7, 11) is 0. The maximum absolute atomic E-state index is 5.67. The first-order valence-electron chi connectivity index (χ1n) is 5.53. The minimum absolute atomic E-state index is 0.719. The van der Waals surface area contributed by atoms with Crippen LogP contribution >= 0.6 is 0 Å². The third-order valence-corrected chi connectivity index (χ3v) is 3.32. The normalized spacial score (nSPS) is 32.8. The van der Waals surface area contributed by atoms with Gasteiger partial charge in [0.15, 0.2) is 0 Å². The highest BCUT2D eigenvalue weighted by Gasteiger charge is 2.43. The van der Waals surface area contributed by atoms with Crippen LogP contribution in [0.1, 0.15) is 39.5 Å². The summed E-state index contributed by atoms with van der Waals surface area (Å²) in [6.07, 6.45) is 7.76. The summed E-state index contributed by atoms with van der Waals surface area (Å²) in [6, 6.07) is 0. The van der Waals surface area contributed by atoms with Gasteiger partial charge in [-0.25, -0.2) is 0 Å². The van der Waals surface area contributed by atoms with E-state index >= 15 is 0 Å². The fourth-order valence-electron chi connectivity index (χ4n) is 2.68. The molecule has 0 aromatic heterocycles. The molecule has 0 aromatic carbocycles. The second-order valence-electron chi connectivity index (χ2n) is 4.20. The molecule has 0 aliphatic heterocycles. The lowest BCUT2D eigenvalue weighted by atomic mass is 9.81. The van der Waals surface area contributed by atoms with Crippen molar-refractivity contribution >= 4 is 0 Å². The topological polar surface area (TPSA) is 9.23 Å². The predicted octanol–water partition coefficient (Wildman–Crippen LogP) is 3.32. The van der Waals surface area contributed by atoms with Crippen LogP contribution in [0.15, 0.2) is 11.3 Å². The number of allylic oxidation sites excluding steroid dienone is 2. The maximum atomic E-state index is 5.67. The quantitative estimate of drug-likeness (QED) is 0.591. The minimum atomic E-state index is 0.719. The monoisotopic (exact) mass is 179 g/mol. The second kappa shape index (κ2) is 3.65. The molecule has 1 nitrogen and oxygen atoms in total. The first-order chi connectivity index (χ1) is 6.33. The number of ether oxygens (including phenoxy) is 1. The van der Waals surface area contributed by atoms with Gasteiger partial charge in [0.05, 0.1) is 24.9 Å². The molecule has 2 aliphatic rings. The van der Waals surface area contributed by atoms with Crippen LogP contribution in [0.4, 0.5) is 0 Å². The summed E-state index contributed by atoms with van der Waals surface area (Å²) >= 11 is 0. The largest absolute Gasteiger partial charge is 0.462 e. The summed E-state index contributed by atoms with van der Waals surface area (Å²) in [4.78, 5) is 0. The molecular weight excluding hydrogens is 160 g/mol. The van der Waals surface area contributed by atoms with Gasteiger partial charge < -0.3 is 4.74 Å². The molecule has 1 fully saturated rings. The Morgan fingerprint density at radius 3 is 3.08 bits per heavy atom. The summed E-state index contributed by atoms with van der Waals surface area (Å²) in [5.74, 6) is 2.76. The van der Waals surface area contributed by atoms with Crippen molar-refractivity contribution in [2.45, 2.75) is 39.5 Å². The van der Waals surface area contributed by atoms with Crippen molar-refractivity contribution in [3.05, 3.63) is 17.8 Å². The van der Waals surface area contributed by atoms with Crippen LogP contribution in [-0.2, 0) is 4.74 Å². The van der Waals surface area contributed by atoms with E-state index < -0.39 is 0 Å². The zero-order chi connectivity index (χ0) is 9.26. The third kappa shape index (κ3) is 1.56. The van der Waals surface area contributed by atoms with E-state index in [0.29, 0.717) is 0 Å². The summed E-state index contributed by atoms with van der Waals surface area (Å²) in [5, 5.41) is 0. The van der Waals surface area contributed by atoms with Crippen LogP contribution < -0.4 is 0 Å². The number of hydrogen-bond acceptors (Lipinski definition) is 1. The van der Waals surface area contributed by atoms with Gasteiger partial charge in [0.1, 0.15) is 5.57 Å². The second-order valence-corrected chi connectivity index (χ2v) is 4.20. The lowest BCUT2D eigenvalue weighted by molar-refractivity contribution is 0.232. The first kappa shape index (κ1) is 8.98. The van der Waals surface area contributed by atoms with Crippen molar-refractivity contribution in [1.82, 2.24) is 0 Å². The zero-order valence-electron chi connectivity index (χ0n) is 8.68. The van der Waals surface area contributed by atoms with Gasteiger partial charge in [-0.1, -0.05) is 0 Å². The van der Waals surface area contributed by atoms with Gasteiger partial charge >= 0.3 is 0 Å². The standard InChI is InChI=1S/C12H19O/c1-3-13-12-8-9(2)10-6-4-5-7-11(10)12/h8-10H,3-7H2,1-2H3/q+1. The molecule has 0 radical (unpaired) electrons. The van der Waals surface area contributed by atoms with Crippen molar-refractivity contribution in [2.24, 2.45) is 11.8 Å². The molecule has 1 saturated carbocycles. The molecule has 2 rings (SSSR count). The average molecular weight is 179 g/mol. The molecule has 72 valence electrons. The van der Waals surface area contributed by atoms with E-state index in [-0.39, 0.29) is 0 Å². The SMILES string of the molecule is CCOC1=C2CCCCC2C(C)[CH+]1. The Morgan fingerprint density at radius 1 is 1.46 bits per heavy atom. The fourth-order valence-corrected chi connectivity index (χ4v) is 2.68. The molecular formula is C12H19O+. The van der Waals surface area contributed by atoms with Crippen molar-refractivity contribution in [1.29, 1.82) is 0 Å². The van der Waals surface area contributed by atoms with Crippen molar-refractivity contribution in [3.8, 4) is 0 Å². The predicted molar refractivity (Wildman–Crippen MR) is 54.1 cm³/mol. The summed E-state index contributed by atoms with van der Waals surface area (Å²) in [6.45, 7) is 5.21. The fraction of sp³-hybridized carbons (Fsp3) is 0.750. The average Bonchev–Trinajstić information content (AvgIpc) is 2.46. The van der Waals surface area contributed by atoms with Gasteiger partial charge in [-0.15, -0.1) is 0 Å². The molecule has 0 saturated heterocycles. The van der Waals surface area contributed by atoms with Gasteiger partial charge in [0, 0.05) is 6.42 Å². The van der Waals surface area contributed by atoms with Crippen molar-refractivity contribution in [2.75, 3.05) is 6.61 Å². The van der Waals surface area contributed by atoms with Gasteiger partial charge in [-0.3, -0.25) is 0 Å². The Bertz CT molecular complexity index is 217. The van der Waals surface area contributed by atoms with Gasteiger partial charge in [0.2, 0.25) is 0 Å². The minimum Gasteiger partial charge on any atom is -0.462 e. The van der Waals surface area contributed by atoms with E-state index in [2.05, 4.69) is 20.3 Å². The van der Waals surface area contributed by atoms with Crippen LogP contribution in [0.25, 0.3) is 0 Å². The van der Waals surface area contributed by atoms with Gasteiger partial charge in [-0.2, -0.15) is 0 Å². The molecule has 0 amide bonds. The van der Waals surface area contributed by atoms with Gasteiger partial charge in [0.25, 0.3) is 5.76 Å². The molecule has 0 N–H and O–H groups in total. The Morgan fingerprint density at radius 2 is 2.31 bits per heavy atom. The Balaban J connectivity index is 2.14. The molecule has 2 unspecified atom stereocenters. The maximum Gasteiger partial charge on any atom is 0.279 e. The molecule has 0 spiro atoms. The summed E-state index contributed by atoms with van der Waals surface area (Å²) in [5.41, 5.74) is 1.61. The highest BCUT2D eigenvalue weighted by atomic mass is 16.5. The molecule has 1 heteroatoms. The molecule has 13 heavy (non-hydrogen) atoms. The molecule has 2 aliphatic carbocycles. The first-order valence-corrected chi connectivity index (χ1v) is 5.53. The summed E-state index contributed by atoms with van der Waals surface area (Å²) < 4.78 is 5.67. The van der Waals surface area contributed by atoms with E-state index in [1.165, 1.54) is 31.4 Å². The highest BCUT2D eigenvalue weighted by molar-refractivity contribution is 5.29. The van der Waals surface area contributed by atoms with Crippen molar-refractivity contribution < 1.29 is 4.74 Å². The van der Waals surface area contributed by atoms with Crippen LogP contribution in [0.2, 0.25) is 0 Å². The van der Waals surface area contributed by atoms with Gasteiger partial charge in [-0.05, 0) is 33.1 Å². The lowest BCUT2D eigenvalue weighted by Crippen LogP contribution is -2.12. The Hall–Kier alpha value is -0.590. The molecule has 0 heterocycles. The van der Waals surface area contributed by atoms with Crippen LogP contribution in [0, 0.1) is 18.3 Å². The third-order valence-electron chi connectivity index (χ3n) is 3.32. The van der Waals surface area contributed by atoms with Crippen LogP contribution in [-0.4, -0.2) is 6.61 Å². The van der Waals surface area contributed by atoms with E-state index in [0.717, 1.165) is 18.4 Å². The number of fused-ring (bicyclic) bond motifs is 1. The lowest BCUT2D eigenvalue weighted by Gasteiger charge is -2.16. The van der Waals surface area contributed by atoms with E-state index in [9.17, 15) is 0 Å². The van der Waals surface area contributed by atoms with Crippen LogP contribution in [0.5, 0.6) is 0 Å². The van der Waals surface area contributed by atoms with Crippen LogP contribution in [0.3, 0.4) is 0 Å². The number of rotatable bonds is 2. The molecule has 0 aromatic rings. The highest BCUT2D eigenvalue weighted by Crippen LogP contribution is 2.44. The van der Waals surface area contributed by atoms with E-state index in [1.807, 2.05) is 0 Å². The number of hydrogen-bond donors (Lipinski definition) is 0. The smallest absolute Gasteiger partial charge is 0.279 e. The molecule has 0 bridgehead atoms. The Kier molecular flexibility index (Phi) is 2.52. The van der Waals surface area contributed by atoms with Crippen molar-refractivity contribution in [3.63, 3.8) is 0 Å².